The number of hydrogen-bond acceptors (Lipinski definition) is 5. The van der Waals surface area contributed by atoms with Gasteiger partial charge in [0, 0.05) is 23.0 Å². The molecule has 37 heavy (non-hydrogen) atoms. The van der Waals surface area contributed by atoms with Crippen LogP contribution in [0.25, 0.3) is 16.9 Å². The van der Waals surface area contributed by atoms with Crippen molar-refractivity contribution >= 4 is 34.3 Å². The molecule has 0 saturated heterocycles. The summed E-state index contributed by atoms with van der Waals surface area (Å²) in [7, 11) is 1.84. The van der Waals surface area contributed by atoms with Gasteiger partial charge in [0.05, 0.1) is 22.8 Å². The first-order valence-corrected chi connectivity index (χ1v) is 12.8. The van der Waals surface area contributed by atoms with Crippen LogP contribution in [0.1, 0.15) is 18.2 Å². The highest BCUT2D eigenvalue weighted by molar-refractivity contribution is 7.07. The van der Waals surface area contributed by atoms with Crippen LogP contribution in [0.2, 0.25) is 5.02 Å². The molecular weight excluding hydrogens is 506 g/mol. The Labute approximate surface area is 222 Å². The molecule has 7 nitrogen and oxygen atoms in total. The topological polar surface area (TPSA) is 76.8 Å². The first kappa shape index (κ1) is 24.5. The zero-order valence-electron chi connectivity index (χ0n) is 20.5. The van der Waals surface area contributed by atoms with E-state index in [2.05, 4.69) is 0 Å². The van der Waals surface area contributed by atoms with Gasteiger partial charge in [-0.1, -0.05) is 41.9 Å². The van der Waals surface area contributed by atoms with Gasteiger partial charge in [0.1, 0.15) is 5.75 Å². The molecule has 9 heteroatoms. The predicted molar refractivity (Wildman–Crippen MR) is 149 cm³/mol. The van der Waals surface area contributed by atoms with Crippen molar-refractivity contribution in [2.24, 2.45) is 17.1 Å². The van der Waals surface area contributed by atoms with Crippen LogP contribution >= 0.6 is 22.9 Å². The number of rotatable bonds is 5. The third-order valence-electron chi connectivity index (χ3n) is 6.09. The summed E-state index contributed by atoms with van der Waals surface area (Å²) < 4.78 is 5.16. The third-order valence-corrected chi connectivity index (χ3v) is 7.16. The fourth-order valence-electron chi connectivity index (χ4n) is 3.98. The smallest absolute Gasteiger partial charge is 0.297 e. The van der Waals surface area contributed by atoms with Gasteiger partial charge in [-0.3, -0.25) is 9.48 Å². The van der Waals surface area contributed by atoms with Crippen LogP contribution in [0.4, 0.5) is 5.69 Å². The summed E-state index contributed by atoms with van der Waals surface area (Å²) in [6.45, 7) is 3.77. The van der Waals surface area contributed by atoms with Gasteiger partial charge < -0.3 is 5.11 Å². The molecule has 0 atom stereocenters. The summed E-state index contributed by atoms with van der Waals surface area (Å²) in [6.07, 6.45) is 0. The molecule has 0 spiro atoms. The van der Waals surface area contributed by atoms with Gasteiger partial charge >= 0.3 is 0 Å². The molecule has 0 aliphatic carbocycles. The van der Waals surface area contributed by atoms with E-state index in [-0.39, 0.29) is 11.3 Å². The Bertz CT molecular complexity index is 1720. The number of phenols is 1. The number of halogens is 1. The molecule has 0 saturated carbocycles. The van der Waals surface area contributed by atoms with E-state index >= 15 is 0 Å². The normalized spacial score (nSPS) is 12.3. The van der Waals surface area contributed by atoms with Crippen LogP contribution in [0.15, 0.2) is 99.1 Å². The molecule has 3 aromatic carbocycles. The first-order chi connectivity index (χ1) is 17.8. The molecule has 2 aromatic heterocycles. The second kappa shape index (κ2) is 10.1. The summed E-state index contributed by atoms with van der Waals surface area (Å²) in [5.41, 5.74) is 4.95. The number of benzene rings is 3. The van der Waals surface area contributed by atoms with Crippen LogP contribution in [-0.2, 0) is 7.05 Å². The molecule has 1 N–H and O–H groups in total. The van der Waals surface area contributed by atoms with Crippen molar-refractivity contribution in [2.75, 3.05) is 0 Å². The maximum Gasteiger partial charge on any atom is 0.297 e. The maximum absolute atomic E-state index is 13.5. The van der Waals surface area contributed by atoms with Gasteiger partial charge in [-0.05, 0) is 67.9 Å². The van der Waals surface area contributed by atoms with E-state index < -0.39 is 0 Å². The first-order valence-electron chi connectivity index (χ1n) is 11.5. The monoisotopic (exact) mass is 529 g/mol. The molecule has 0 amide bonds. The lowest BCUT2D eigenvalue weighted by molar-refractivity contribution is 0.475. The minimum atomic E-state index is -0.210. The van der Waals surface area contributed by atoms with Crippen molar-refractivity contribution in [3.63, 3.8) is 0 Å². The second-order valence-electron chi connectivity index (χ2n) is 8.48. The van der Waals surface area contributed by atoms with Gasteiger partial charge in [-0.15, -0.1) is 11.3 Å². The highest BCUT2D eigenvalue weighted by Crippen LogP contribution is 2.24. The second-order valence-corrected chi connectivity index (χ2v) is 9.75. The molecule has 5 rings (SSSR count). The van der Waals surface area contributed by atoms with E-state index in [0.717, 1.165) is 33.9 Å². The molecule has 2 heterocycles. The van der Waals surface area contributed by atoms with E-state index in [0.29, 0.717) is 15.5 Å². The van der Waals surface area contributed by atoms with Gasteiger partial charge in [0.15, 0.2) is 5.69 Å². The summed E-state index contributed by atoms with van der Waals surface area (Å²) in [5.74, 6) is 0.187. The van der Waals surface area contributed by atoms with Crippen LogP contribution in [0.5, 0.6) is 5.75 Å². The van der Waals surface area contributed by atoms with Crippen molar-refractivity contribution < 1.29 is 5.11 Å². The molecule has 0 radical (unpaired) electrons. The number of phenolic OH excluding ortho intramolecular Hbond substituents is 1. The maximum atomic E-state index is 13.5. The molecule has 0 fully saturated rings. The number of aromatic hydroxyl groups is 1. The lowest BCUT2D eigenvalue weighted by atomic mass is 10.1. The molecule has 0 aliphatic heterocycles. The van der Waals surface area contributed by atoms with Gasteiger partial charge in [-0.25, -0.2) is 14.4 Å². The van der Waals surface area contributed by atoms with Gasteiger partial charge in [0.2, 0.25) is 4.80 Å². The largest absolute Gasteiger partial charge is 0.508 e. The fourth-order valence-corrected chi connectivity index (χ4v) is 4.94. The van der Waals surface area contributed by atoms with Gasteiger partial charge in [-0.2, -0.15) is 5.10 Å². The lowest BCUT2D eigenvalue weighted by Gasteiger charge is -2.07. The summed E-state index contributed by atoms with van der Waals surface area (Å²) in [5, 5.41) is 17.2. The zero-order valence-corrected chi connectivity index (χ0v) is 22.0. The van der Waals surface area contributed by atoms with E-state index in [1.54, 1.807) is 38.3 Å². The van der Waals surface area contributed by atoms with Crippen LogP contribution in [0.3, 0.4) is 0 Å². The SMILES string of the molecule is C/C(=N\n1c(-c2ccc(Cl)cc2)csc1=Nc1c(C)n(C)n(-c2ccccc2)c1=O)c1ccc(O)cc1. The number of hydrogen-bond donors (Lipinski definition) is 1. The van der Waals surface area contributed by atoms with E-state index in [9.17, 15) is 9.90 Å². The van der Waals surface area contributed by atoms with Crippen LogP contribution in [-0.4, -0.2) is 24.9 Å². The predicted octanol–water partition coefficient (Wildman–Crippen LogP) is 5.88. The molecular formula is C28H24ClN5O2S. The zero-order chi connectivity index (χ0) is 26.1. The molecule has 0 unspecified atom stereocenters. The minimum Gasteiger partial charge on any atom is -0.508 e. The Morgan fingerprint density at radius 3 is 2.32 bits per heavy atom. The quantitative estimate of drug-likeness (QED) is 0.289. The molecule has 0 aliphatic rings. The van der Waals surface area contributed by atoms with E-state index in [1.807, 2.05) is 80.9 Å². The average molecular weight is 530 g/mol. The Balaban J connectivity index is 1.72. The van der Waals surface area contributed by atoms with Gasteiger partial charge in [0.25, 0.3) is 5.56 Å². The van der Waals surface area contributed by atoms with Crippen molar-refractivity contribution in [3.05, 3.63) is 116 Å². The minimum absolute atomic E-state index is 0.187. The Kier molecular flexibility index (Phi) is 6.69. The highest BCUT2D eigenvalue weighted by Gasteiger charge is 2.17. The third kappa shape index (κ3) is 4.81. The van der Waals surface area contributed by atoms with Crippen molar-refractivity contribution in [1.29, 1.82) is 0 Å². The number of aromatic nitrogens is 3. The highest BCUT2D eigenvalue weighted by atomic mass is 35.5. The van der Waals surface area contributed by atoms with Crippen LogP contribution in [0, 0.1) is 6.92 Å². The number of para-hydroxylation sites is 1. The molecule has 186 valence electrons. The van der Waals surface area contributed by atoms with E-state index in [1.165, 1.54) is 11.3 Å². The lowest BCUT2D eigenvalue weighted by Crippen LogP contribution is -2.20. The summed E-state index contributed by atoms with van der Waals surface area (Å²) in [6, 6.07) is 23.8. The standard InChI is InChI=1S/C28H24ClN5O2S/c1-18(20-11-15-24(35)16-12-20)31-33-25(21-9-13-22(29)14-10-21)17-37-28(33)30-26-19(2)32(3)34(27(26)36)23-7-5-4-6-8-23/h4-17,35H,1-3H3/b30-28?,31-18+. The van der Waals surface area contributed by atoms with Crippen molar-refractivity contribution in [1.82, 2.24) is 14.0 Å². The number of nitrogens with zero attached hydrogens (tertiary/aromatic N) is 5. The average Bonchev–Trinajstić information content (AvgIpc) is 3.38. The summed E-state index contributed by atoms with van der Waals surface area (Å²) >= 11 is 7.52. The molecule has 0 bridgehead atoms. The Morgan fingerprint density at radius 1 is 0.973 bits per heavy atom. The number of thiazole rings is 1. The van der Waals surface area contributed by atoms with E-state index in [4.69, 9.17) is 21.7 Å². The van der Waals surface area contributed by atoms with Crippen molar-refractivity contribution in [3.8, 4) is 22.7 Å². The molecule has 5 aromatic rings. The fraction of sp³-hybridized carbons (Fsp3) is 0.107. The Hall–Kier alpha value is -4.14. The van der Waals surface area contributed by atoms with Crippen LogP contribution < -0.4 is 10.4 Å². The van der Waals surface area contributed by atoms with Crippen molar-refractivity contribution in [2.45, 2.75) is 13.8 Å². The summed E-state index contributed by atoms with van der Waals surface area (Å²) in [4.78, 5) is 18.9. The Morgan fingerprint density at radius 2 is 1.65 bits per heavy atom.